The number of hydrogen-bond acceptors (Lipinski definition) is 5. The topological polar surface area (TPSA) is 101 Å². The first-order valence-electron chi connectivity index (χ1n) is 7.89. The van der Waals surface area contributed by atoms with E-state index < -0.39 is 28.9 Å². The summed E-state index contributed by atoms with van der Waals surface area (Å²) < 4.78 is 43.1. The minimum Gasteiger partial charge on any atom is -0.339 e. The van der Waals surface area contributed by atoms with Crippen LogP contribution in [-0.2, 0) is 22.8 Å². The lowest BCUT2D eigenvalue weighted by Crippen LogP contribution is -2.21. The Balaban J connectivity index is 1.91. The molecule has 26 heavy (non-hydrogen) atoms. The number of carbonyl (C=O) groups is 1. The molecule has 0 aliphatic rings. The standard InChI is InChI=1S/C16H19F3N4O3/c1-15(2,3)14-22-12(26-23-14)6-4-5-11(24)21-10-7-9(16(17,18)19)8-20-13(10)25/h7-8H,4-6H2,1-3H3,(H,20,25)(H,21,24). The van der Waals surface area contributed by atoms with Crippen LogP contribution >= 0.6 is 0 Å². The lowest BCUT2D eigenvalue weighted by atomic mass is 9.96. The molecule has 0 aliphatic carbocycles. The van der Waals surface area contributed by atoms with Crippen LogP contribution in [0.5, 0.6) is 0 Å². The van der Waals surface area contributed by atoms with Crippen LogP contribution in [0.4, 0.5) is 18.9 Å². The van der Waals surface area contributed by atoms with E-state index in [-0.39, 0.29) is 11.8 Å². The maximum Gasteiger partial charge on any atom is 0.417 e. The average molecular weight is 372 g/mol. The Morgan fingerprint density at radius 1 is 1.31 bits per heavy atom. The highest BCUT2D eigenvalue weighted by molar-refractivity contribution is 5.90. The molecule has 2 rings (SSSR count). The number of aromatic amines is 1. The first-order valence-corrected chi connectivity index (χ1v) is 7.89. The van der Waals surface area contributed by atoms with Crippen LogP contribution in [0.1, 0.15) is 50.9 Å². The quantitative estimate of drug-likeness (QED) is 0.840. The largest absolute Gasteiger partial charge is 0.417 e. The average Bonchev–Trinajstić information content (AvgIpc) is 2.97. The zero-order valence-corrected chi connectivity index (χ0v) is 14.5. The molecule has 0 unspecified atom stereocenters. The lowest BCUT2D eigenvalue weighted by molar-refractivity contribution is -0.137. The van der Waals surface area contributed by atoms with Crippen LogP contribution in [0.15, 0.2) is 21.6 Å². The van der Waals surface area contributed by atoms with Gasteiger partial charge in [0.05, 0.1) is 5.56 Å². The summed E-state index contributed by atoms with van der Waals surface area (Å²) in [6, 6.07) is 0.602. The molecule has 0 aliphatic heterocycles. The number of alkyl halides is 3. The Morgan fingerprint density at radius 2 is 2.00 bits per heavy atom. The molecule has 2 heterocycles. The molecule has 1 amide bonds. The first-order chi connectivity index (χ1) is 12.0. The summed E-state index contributed by atoms with van der Waals surface area (Å²) in [4.78, 5) is 29.6. The van der Waals surface area contributed by atoms with Gasteiger partial charge in [-0.2, -0.15) is 18.2 Å². The van der Waals surface area contributed by atoms with Gasteiger partial charge in [-0.1, -0.05) is 25.9 Å². The molecule has 2 aromatic heterocycles. The summed E-state index contributed by atoms with van der Waals surface area (Å²) in [5.74, 6) is 0.345. The summed E-state index contributed by atoms with van der Waals surface area (Å²) in [6.45, 7) is 5.80. The van der Waals surface area contributed by atoms with Crippen molar-refractivity contribution in [2.24, 2.45) is 0 Å². The van der Waals surface area contributed by atoms with Gasteiger partial charge < -0.3 is 14.8 Å². The van der Waals surface area contributed by atoms with E-state index in [4.69, 9.17) is 4.52 Å². The van der Waals surface area contributed by atoms with Gasteiger partial charge in [-0.15, -0.1) is 0 Å². The van der Waals surface area contributed by atoms with E-state index in [1.807, 2.05) is 25.8 Å². The van der Waals surface area contributed by atoms with Crippen molar-refractivity contribution in [2.75, 3.05) is 5.32 Å². The Morgan fingerprint density at radius 3 is 2.58 bits per heavy atom. The van der Waals surface area contributed by atoms with Crippen molar-refractivity contribution in [3.8, 4) is 0 Å². The van der Waals surface area contributed by atoms with Gasteiger partial charge >= 0.3 is 6.18 Å². The van der Waals surface area contributed by atoms with Crippen LogP contribution in [-0.4, -0.2) is 21.0 Å². The predicted molar refractivity (Wildman–Crippen MR) is 86.6 cm³/mol. The molecule has 7 nitrogen and oxygen atoms in total. The number of rotatable bonds is 5. The summed E-state index contributed by atoms with van der Waals surface area (Å²) >= 11 is 0. The summed E-state index contributed by atoms with van der Waals surface area (Å²) in [5.41, 5.74) is -2.56. The SMILES string of the molecule is CC(C)(C)c1noc(CCCC(=O)Nc2cc(C(F)(F)F)c[nH]c2=O)n1. The second-order valence-corrected chi connectivity index (χ2v) is 6.79. The van der Waals surface area contributed by atoms with Crippen LogP contribution in [0.25, 0.3) is 0 Å². The van der Waals surface area contributed by atoms with Crippen LogP contribution in [0.2, 0.25) is 0 Å². The van der Waals surface area contributed by atoms with E-state index in [0.717, 1.165) is 0 Å². The third-order valence-electron chi connectivity index (χ3n) is 3.44. The highest BCUT2D eigenvalue weighted by atomic mass is 19.4. The third-order valence-corrected chi connectivity index (χ3v) is 3.44. The molecule has 2 N–H and O–H groups in total. The van der Waals surface area contributed by atoms with E-state index >= 15 is 0 Å². The molecule has 142 valence electrons. The monoisotopic (exact) mass is 372 g/mol. The second kappa shape index (κ2) is 7.30. The maximum atomic E-state index is 12.7. The molecule has 0 fully saturated rings. The molecular formula is C16H19F3N4O3. The molecule has 0 saturated heterocycles. The Bertz CT molecular complexity index is 834. The Kier molecular flexibility index (Phi) is 5.53. The van der Waals surface area contributed by atoms with Crippen molar-refractivity contribution in [1.29, 1.82) is 0 Å². The summed E-state index contributed by atoms with van der Waals surface area (Å²) in [5, 5.41) is 6.05. The van der Waals surface area contributed by atoms with Crippen molar-refractivity contribution in [1.82, 2.24) is 15.1 Å². The number of carbonyl (C=O) groups excluding carboxylic acids is 1. The third kappa shape index (κ3) is 5.17. The van der Waals surface area contributed by atoms with E-state index in [9.17, 15) is 22.8 Å². The van der Waals surface area contributed by atoms with Gasteiger partial charge in [0.1, 0.15) is 5.69 Å². The van der Waals surface area contributed by atoms with Crippen molar-refractivity contribution < 1.29 is 22.5 Å². The molecule has 10 heteroatoms. The molecule has 0 atom stereocenters. The van der Waals surface area contributed by atoms with Crippen molar-refractivity contribution in [2.45, 2.75) is 51.6 Å². The van der Waals surface area contributed by atoms with Crippen molar-refractivity contribution >= 4 is 11.6 Å². The number of hydrogen-bond donors (Lipinski definition) is 2. The number of anilines is 1. The van der Waals surface area contributed by atoms with E-state index in [2.05, 4.69) is 15.5 Å². The number of halogens is 3. The van der Waals surface area contributed by atoms with Crippen molar-refractivity contribution in [3.63, 3.8) is 0 Å². The summed E-state index contributed by atoms with van der Waals surface area (Å²) in [6.07, 6.45) is -3.39. The fraction of sp³-hybridized carbons (Fsp3) is 0.500. The molecule has 2 aromatic rings. The zero-order valence-electron chi connectivity index (χ0n) is 14.5. The minimum atomic E-state index is -4.62. The van der Waals surface area contributed by atoms with Crippen LogP contribution in [0.3, 0.4) is 0 Å². The summed E-state index contributed by atoms with van der Waals surface area (Å²) in [7, 11) is 0. The maximum absolute atomic E-state index is 12.7. The van der Waals surface area contributed by atoms with Gasteiger partial charge in [0.2, 0.25) is 11.8 Å². The Labute approximate surface area is 147 Å². The first kappa shape index (κ1) is 19.7. The molecule has 0 radical (unpaired) electrons. The molecule has 0 saturated carbocycles. The van der Waals surface area contributed by atoms with Gasteiger partial charge in [-0.05, 0) is 12.5 Å². The predicted octanol–water partition coefficient (Wildman–Crippen LogP) is 3.04. The molecule has 0 aromatic carbocycles. The number of nitrogens with one attached hydrogen (secondary N) is 2. The van der Waals surface area contributed by atoms with E-state index in [1.165, 1.54) is 0 Å². The van der Waals surface area contributed by atoms with E-state index in [0.29, 0.717) is 36.8 Å². The lowest BCUT2D eigenvalue weighted by Gasteiger charge is -2.10. The Hall–Kier alpha value is -2.65. The van der Waals surface area contributed by atoms with Gasteiger partial charge in [0, 0.05) is 24.5 Å². The van der Waals surface area contributed by atoms with Gasteiger partial charge in [0.15, 0.2) is 5.82 Å². The number of nitrogens with zero attached hydrogens (tertiary/aromatic N) is 2. The number of pyridine rings is 1. The smallest absolute Gasteiger partial charge is 0.339 e. The number of aromatic nitrogens is 3. The minimum absolute atomic E-state index is 0.0110. The number of aryl methyl sites for hydroxylation is 1. The molecular weight excluding hydrogens is 353 g/mol. The highest BCUT2D eigenvalue weighted by Crippen LogP contribution is 2.29. The molecule has 0 spiro atoms. The van der Waals surface area contributed by atoms with Crippen molar-refractivity contribution in [3.05, 3.63) is 39.9 Å². The second-order valence-electron chi connectivity index (χ2n) is 6.79. The fourth-order valence-electron chi connectivity index (χ4n) is 2.01. The van der Waals surface area contributed by atoms with Crippen LogP contribution < -0.4 is 10.9 Å². The van der Waals surface area contributed by atoms with Gasteiger partial charge in [-0.3, -0.25) is 9.59 Å². The number of H-pyrrole nitrogens is 1. The fourth-order valence-corrected chi connectivity index (χ4v) is 2.01. The van der Waals surface area contributed by atoms with Crippen LogP contribution in [0, 0.1) is 0 Å². The molecule has 0 bridgehead atoms. The normalized spacial score (nSPS) is 12.2. The van der Waals surface area contributed by atoms with E-state index in [1.54, 1.807) is 0 Å². The van der Waals surface area contributed by atoms with Gasteiger partial charge in [-0.25, -0.2) is 0 Å². The highest BCUT2D eigenvalue weighted by Gasteiger charge is 2.31. The number of amides is 1. The zero-order chi connectivity index (χ0) is 19.5. The van der Waals surface area contributed by atoms with Gasteiger partial charge in [0.25, 0.3) is 5.56 Å².